The molecule has 0 aliphatic heterocycles. The van der Waals surface area contributed by atoms with E-state index in [1.807, 2.05) is 6.92 Å². The largest absolute Gasteiger partial charge is 0.484 e. The third-order valence-corrected chi connectivity index (χ3v) is 5.95. The topological polar surface area (TPSA) is 76.1 Å². The molecular weight excluding hydrogens is 475 g/mol. The van der Waals surface area contributed by atoms with Gasteiger partial charge in [-0.3, -0.25) is 4.79 Å². The van der Waals surface area contributed by atoms with Crippen molar-refractivity contribution in [2.45, 2.75) is 64.8 Å². The van der Waals surface area contributed by atoms with Crippen LogP contribution in [0, 0.1) is 0 Å². The summed E-state index contributed by atoms with van der Waals surface area (Å²) in [6, 6.07) is 11.6. The highest BCUT2D eigenvalue weighted by Crippen LogP contribution is 2.29. The molecule has 0 spiro atoms. The summed E-state index contributed by atoms with van der Waals surface area (Å²) >= 11 is 0. The van der Waals surface area contributed by atoms with Gasteiger partial charge in [-0.05, 0) is 55.2 Å². The molecule has 36 heavy (non-hydrogen) atoms. The first-order chi connectivity index (χ1) is 17.0. The van der Waals surface area contributed by atoms with E-state index >= 15 is 0 Å². The summed E-state index contributed by atoms with van der Waals surface area (Å²) in [5, 5.41) is 9.64. The summed E-state index contributed by atoms with van der Waals surface area (Å²) in [6.07, 6.45) is -2.28. The summed E-state index contributed by atoms with van der Waals surface area (Å²) in [7, 11) is 0. The molecule has 0 fully saturated rings. The number of carboxylic acid groups (broad SMARTS) is 1. The third-order valence-electron chi connectivity index (χ3n) is 5.95. The minimum Gasteiger partial charge on any atom is -0.484 e. The van der Waals surface area contributed by atoms with Gasteiger partial charge in [0.05, 0.1) is 5.56 Å². The first kappa shape index (κ1) is 29.2. The number of ether oxygens (including phenoxy) is 2. The van der Waals surface area contributed by atoms with Crippen molar-refractivity contribution in [2.24, 2.45) is 0 Å². The molecule has 2 aromatic rings. The maximum Gasteiger partial charge on any atom is 0.416 e. The Kier molecular flexibility index (Phi) is 10.8. The predicted molar refractivity (Wildman–Crippen MR) is 130 cm³/mol. The molecule has 9 heteroatoms. The van der Waals surface area contributed by atoms with E-state index in [1.165, 1.54) is 12.1 Å². The minimum absolute atomic E-state index is 0.186. The summed E-state index contributed by atoms with van der Waals surface area (Å²) in [5.41, 5.74) is -0.669. The van der Waals surface area contributed by atoms with Crippen molar-refractivity contribution < 1.29 is 37.3 Å². The molecule has 0 aliphatic carbocycles. The van der Waals surface area contributed by atoms with Gasteiger partial charge in [0.15, 0.2) is 12.2 Å². The number of amides is 1. The van der Waals surface area contributed by atoms with Crippen LogP contribution in [0.15, 0.2) is 48.5 Å². The Balaban J connectivity index is 2.02. The second-order valence-corrected chi connectivity index (χ2v) is 8.56. The molecule has 0 heterocycles. The van der Waals surface area contributed by atoms with Gasteiger partial charge in [-0.25, -0.2) is 4.79 Å². The van der Waals surface area contributed by atoms with Gasteiger partial charge in [-0.1, -0.05) is 44.5 Å². The SMILES string of the molecule is CCCCN(Cc1ccc(C(F)(F)F)cc1)C(=O)COc1ccc(C[C@](CC)(OCC)C(=O)O)cc1. The van der Waals surface area contributed by atoms with Crippen LogP contribution in [0.5, 0.6) is 5.75 Å². The van der Waals surface area contributed by atoms with E-state index in [2.05, 4.69) is 0 Å². The van der Waals surface area contributed by atoms with E-state index in [9.17, 15) is 27.9 Å². The van der Waals surface area contributed by atoms with Crippen LogP contribution in [0.3, 0.4) is 0 Å². The van der Waals surface area contributed by atoms with Gasteiger partial charge < -0.3 is 19.5 Å². The lowest BCUT2D eigenvalue weighted by atomic mass is 9.91. The molecule has 0 radical (unpaired) electrons. The maximum atomic E-state index is 12.8. The molecule has 0 saturated carbocycles. The minimum atomic E-state index is -4.41. The molecule has 0 aromatic heterocycles. The highest BCUT2D eigenvalue weighted by molar-refractivity contribution is 5.78. The number of unbranched alkanes of at least 4 members (excludes halogenated alkanes) is 1. The monoisotopic (exact) mass is 509 g/mol. The number of carbonyl (C=O) groups is 2. The molecule has 0 saturated heterocycles. The van der Waals surface area contributed by atoms with Crippen LogP contribution in [0.25, 0.3) is 0 Å². The van der Waals surface area contributed by atoms with E-state index in [-0.39, 0.29) is 32.1 Å². The van der Waals surface area contributed by atoms with E-state index in [4.69, 9.17) is 9.47 Å². The molecule has 0 unspecified atom stereocenters. The Hall–Kier alpha value is -3.07. The number of aliphatic carboxylic acids is 1. The number of alkyl halides is 3. The van der Waals surface area contributed by atoms with Gasteiger partial charge in [0.2, 0.25) is 0 Å². The van der Waals surface area contributed by atoms with Crippen molar-refractivity contribution in [3.8, 4) is 5.75 Å². The lowest BCUT2D eigenvalue weighted by Crippen LogP contribution is -2.43. The van der Waals surface area contributed by atoms with Gasteiger partial charge in [0, 0.05) is 26.1 Å². The third kappa shape index (κ3) is 8.26. The first-order valence-electron chi connectivity index (χ1n) is 12.1. The smallest absolute Gasteiger partial charge is 0.416 e. The van der Waals surface area contributed by atoms with E-state index in [0.717, 1.165) is 30.5 Å². The maximum absolute atomic E-state index is 12.8. The molecule has 1 atom stereocenters. The number of hydrogen-bond acceptors (Lipinski definition) is 4. The van der Waals surface area contributed by atoms with Crippen molar-refractivity contribution in [2.75, 3.05) is 19.8 Å². The fraction of sp³-hybridized carbons (Fsp3) is 0.481. The van der Waals surface area contributed by atoms with Crippen LogP contribution in [0.2, 0.25) is 0 Å². The molecule has 0 bridgehead atoms. The Morgan fingerprint density at radius 1 is 0.944 bits per heavy atom. The van der Waals surface area contributed by atoms with E-state index < -0.39 is 23.3 Å². The average molecular weight is 510 g/mol. The number of hydrogen-bond donors (Lipinski definition) is 1. The van der Waals surface area contributed by atoms with Crippen LogP contribution in [0.4, 0.5) is 13.2 Å². The van der Waals surface area contributed by atoms with E-state index in [0.29, 0.717) is 24.3 Å². The number of halogens is 3. The standard InChI is InChI=1S/C27H34F3NO5/c1-4-7-16-31(18-21-8-12-22(13-9-21)27(28,29)30)24(32)19-35-23-14-10-20(11-15-23)17-26(5-2,25(33)34)36-6-3/h8-15H,4-7,16-19H2,1-3H3,(H,33,34)/t26-/m0/s1. The van der Waals surface area contributed by atoms with Gasteiger partial charge >= 0.3 is 12.1 Å². The molecule has 2 rings (SSSR count). The van der Waals surface area contributed by atoms with Crippen LogP contribution < -0.4 is 4.74 Å². The molecule has 1 N–H and O–H groups in total. The van der Waals surface area contributed by atoms with Crippen LogP contribution in [-0.4, -0.2) is 47.2 Å². The number of nitrogens with zero attached hydrogens (tertiary/aromatic N) is 1. The van der Waals surface area contributed by atoms with Crippen molar-refractivity contribution in [1.82, 2.24) is 4.90 Å². The Morgan fingerprint density at radius 3 is 2.06 bits per heavy atom. The summed E-state index contributed by atoms with van der Waals surface area (Å²) in [5.74, 6) is -0.844. The fourth-order valence-corrected chi connectivity index (χ4v) is 3.77. The first-order valence-corrected chi connectivity index (χ1v) is 12.1. The van der Waals surface area contributed by atoms with Crippen LogP contribution >= 0.6 is 0 Å². The molecule has 1 amide bonds. The number of carbonyl (C=O) groups excluding carboxylic acids is 1. The lowest BCUT2D eigenvalue weighted by molar-refractivity contribution is -0.166. The molecule has 6 nitrogen and oxygen atoms in total. The highest BCUT2D eigenvalue weighted by Gasteiger charge is 2.37. The van der Waals surface area contributed by atoms with Crippen molar-refractivity contribution in [3.05, 3.63) is 65.2 Å². The number of rotatable bonds is 14. The second-order valence-electron chi connectivity index (χ2n) is 8.56. The highest BCUT2D eigenvalue weighted by atomic mass is 19.4. The van der Waals surface area contributed by atoms with Crippen molar-refractivity contribution in [3.63, 3.8) is 0 Å². The normalized spacial score (nSPS) is 13.2. The van der Waals surface area contributed by atoms with Gasteiger partial charge in [0.25, 0.3) is 5.91 Å². The number of carboxylic acids is 1. The van der Waals surface area contributed by atoms with Crippen LogP contribution in [-0.2, 0) is 33.5 Å². The molecule has 198 valence electrons. The zero-order chi connectivity index (χ0) is 26.8. The average Bonchev–Trinajstić information content (AvgIpc) is 2.85. The fourth-order valence-electron chi connectivity index (χ4n) is 3.77. The quantitative estimate of drug-likeness (QED) is 0.352. The summed E-state index contributed by atoms with van der Waals surface area (Å²) in [6.45, 7) is 6.21. The van der Waals surface area contributed by atoms with Gasteiger partial charge in [-0.2, -0.15) is 13.2 Å². The zero-order valence-electron chi connectivity index (χ0n) is 20.9. The molecule has 0 aliphatic rings. The zero-order valence-corrected chi connectivity index (χ0v) is 20.9. The Morgan fingerprint density at radius 2 is 1.56 bits per heavy atom. The number of benzene rings is 2. The van der Waals surface area contributed by atoms with Gasteiger partial charge in [0.1, 0.15) is 5.75 Å². The van der Waals surface area contributed by atoms with Crippen LogP contribution in [0.1, 0.15) is 56.7 Å². The Labute approximate surface area is 210 Å². The summed E-state index contributed by atoms with van der Waals surface area (Å²) < 4.78 is 49.7. The molecule has 2 aromatic carbocycles. The van der Waals surface area contributed by atoms with Crippen molar-refractivity contribution in [1.29, 1.82) is 0 Å². The predicted octanol–water partition coefficient (Wildman–Crippen LogP) is 5.73. The van der Waals surface area contributed by atoms with E-state index in [1.54, 1.807) is 43.0 Å². The van der Waals surface area contributed by atoms with Gasteiger partial charge in [-0.15, -0.1) is 0 Å². The lowest BCUT2D eigenvalue weighted by Gasteiger charge is -2.28. The Bertz CT molecular complexity index is 976. The second kappa shape index (κ2) is 13.3. The van der Waals surface area contributed by atoms with Crippen molar-refractivity contribution >= 4 is 11.9 Å². The molecular formula is C27H34F3NO5. The summed E-state index contributed by atoms with van der Waals surface area (Å²) in [4.78, 5) is 26.2.